The molecule has 3 aromatic rings. The molecule has 1 unspecified atom stereocenters. The third kappa shape index (κ3) is 6.23. The van der Waals surface area contributed by atoms with Gasteiger partial charge in [0.05, 0.1) is 26.5 Å². The van der Waals surface area contributed by atoms with E-state index in [1.807, 2.05) is 4.90 Å². The van der Waals surface area contributed by atoms with E-state index in [0.29, 0.717) is 36.0 Å². The predicted molar refractivity (Wildman–Crippen MR) is 185 cm³/mol. The Morgan fingerprint density at radius 3 is 2.31 bits per heavy atom. The summed E-state index contributed by atoms with van der Waals surface area (Å²) >= 11 is 0. The van der Waals surface area contributed by atoms with Crippen LogP contribution in [0.15, 0.2) is 65.7 Å². The Bertz CT molecular complexity index is 1790. The van der Waals surface area contributed by atoms with Gasteiger partial charge in [-0.15, -0.1) is 0 Å². The number of amides is 2. The molecule has 1 atom stereocenters. The number of fused-ring (bicyclic) bond motifs is 1. The zero-order valence-electron chi connectivity index (χ0n) is 28.6. The van der Waals surface area contributed by atoms with E-state index in [0.717, 1.165) is 49.9 Å². The van der Waals surface area contributed by atoms with Gasteiger partial charge in [0.1, 0.15) is 21.8 Å². The molecule has 2 saturated heterocycles. The Balaban J connectivity index is 1.38. The molecule has 3 aliphatic heterocycles. The number of rotatable bonds is 11. The molecule has 0 N–H and O–H groups in total. The number of ether oxygens (including phenoxy) is 3. The maximum Gasteiger partial charge on any atom is 0.274 e. The maximum absolute atomic E-state index is 15.1. The fourth-order valence-corrected chi connectivity index (χ4v) is 9.12. The van der Waals surface area contributed by atoms with Crippen molar-refractivity contribution in [3.05, 3.63) is 71.9 Å². The molecule has 2 aromatic carbocycles. The molecule has 13 heteroatoms. The molecular weight excluding hydrogens is 646 g/mol. The lowest BCUT2D eigenvalue weighted by Gasteiger charge is -2.43. The molecule has 0 bridgehead atoms. The predicted octanol–water partition coefficient (Wildman–Crippen LogP) is 3.54. The van der Waals surface area contributed by atoms with Gasteiger partial charge in [-0.2, -0.15) is 0 Å². The highest BCUT2D eigenvalue weighted by atomic mass is 32.2. The SMILES string of the molecule is CCOc1ncccc1C1(CC(=O)N2CCC(N3CCN(CC)CC3)CC2)C(=O)N(S(=O)(=O)c2ccc(OC)cc2OC)c2ccccc21. The van der Waals surface area contributed by atoms with Crippen molar-refractivity contribution in [2.75, 3.05) is 70.9 Å². The lowest BCUT2D eigenvalue weighted by molar-refractivity contribution is -0.136. The number of likely N-dealkylation sites (tertiary alicyclic amines) is 1. The summed E-state index contributed by atoms with van der Waals surface area (Å²) in [7, 11) is -1.73. The highest BCUT2D eigenvalue weighted by Gasteiger charge is 2.58. The molecule has 12 nitrogen and oxygen atoms in total. The molecule has 3 aliphatic rings. The van der Waals surface area contributed by atoms with Crippen molar-refractivity contribution >= 4 is 27.5 Å². The number of likely N-dealkylation sites (N-methyl/N-ethyl adjacent to an activating group) is 1. The van der Waals surface area contributed by atoms with Crippen LogP contribution in [0.1, 0.15) is 44.2 Å². The van der Waals surface area contributed by atoms with Crippen LogP contribution in [0.5, 0.6) is 17.4 Å². The molecule has 0 radical (unpaired) electrons. The van der Waals surface area contributed by atoms with E-state index >= 15 is 4.79 Å². The summed E-state index contributed by atoms with van der Waals surface area (Å²) in [4.78, 5) is 40.6. The highest BCUT2D eigenvalue weighted by molar-refractivity contribution is 7.93. The lowest BCUT2D eigenvalue weighted by Crippen LogP contribution is -2.54. The van der Waals surface area contributed by atoms with Crippen molar-refractivity contribution in [3.63, 3.8) is 0 Å². The number of carbonyl (C=O) groups excluding carboxylic acids is 2. The average molecular weight is 692 g/mol. The number of para-hydroxylation sites is 1. The van der Waals surface area contributed by atoms with Crippen LogP contribution in [0, 0.1) is 0 Å². The van der Waals surface area contributed by atoms with Crippen molar-refractivity contribution in [2.45, 2.75) is 49.5 Å². The Morgan fingerprint density at radius 1 is 0.918 bits per heavy atom. The van der Waals surface area contributed by atoms with Crippen molar-refractivity contribution in [1.29, 1.82) is 0 Å². The van der Waals surface area contributed by atoms with Crippen LogP contribution < -0.4 is 18.5 Å². The van der Waals surface area contributed by atoms with Crippen molar-refractivity contribution in [3.8, 4) is 17.4 Å². The van der Waals surface area contributed by atoms with Gasteiger partial charge in [-0.1, -0.05) is 31.2 Å². The monoisotopic (exact) mass is 691 g/mol. The molecule has 0 aliphatic carbocycles. The van der Waals surface area contributed by atoms with Gasteiger partial charge in [-0.3, -0.25) is 14.5 Å². The number of hydrogen-bond donors (Lipinski definition) is 0. The zero-order valence-corrected chi connectivity index (χ0v) is 29.4. The van der Waals surface area contributed by atoms with Crippen LogP contribution in [0.4, 0.5) is 5.69 Å². The molecule has 262 valence electrons. The van der Waals surface area contributed by atoms with Crippen LogP contribution in [-0.2, 0) is 25.0 Å². The molecule has 6 rings (SSSR count). The summed E-state index contributed by atoms with van der Waals surface area (Å²) in [5.74, 6) is -0.420. The number of pyridine rings is 1. The number of carbonyl (C=O) groups is 2. The highest BCUT2D eigenvalue weighted by Crippen LogP contribution is 2.52. The van der Waals surface area contributed by atoms with Crippen LogP contribution in [-0.4, -0.2) is 113 Å². The molecule has 0 spiro atoms. The van der Waals surface area contributed by atoms with Gasteiger partial charge < -0.3 is 24.0 Å². The number of benzene rings is 2. The Morgan fingerprint density at radius 2 is 1.63 bits per heavy atom. The van der Waals surface area contributed by atoms with Gasteiger partial charge >= 0.3 is 0 Å². The van der Waals surface area contributed by atoms with E-state index in [4.69, 9.17) is 14.2 Å². The molecule has 2 fully saturated rings. The first-order chi connectivity index (χ1) is 23.7. The first kappa shape index (κ1) is 34.7. The molecule has 2 amide bonds. The zero-order chi connectivity index (χ0) is 34.8. The topological polar surface area (TPSA) is 122 Å². The van der Waals surface area contributed by atoms with Crippen LogP contribution in [0.2, 0.25) is 0 Å². The minimum atomic E-state index is -4.55. The third-order valence-corrected chi connectivity index (χ3v) is 11.9. The Kier molecular flexibility index (Phi) is 10.1. The van der Waals surface area contributed by atoms with E-state index < -0.39 is 21.3 Å². The third-order valence-electron chi connectivity index (χ3n) is 10.1. The summed E-state index contributed by atoms with van der Waals surface area (Å²) in [6.07, 6.45) is 2.94. The van der Waals surface area contributed by atoms with E-state index in [2.05, 4.69) is 21.7 Å². The van der Waals surface area contributed by atoms with Gasteiger partial charge in [0.2, 0.25) is 11.8 Å². The minimum Gasteiger partial charge on any atom is -0.497 e. The van der Waals surface area contributed by atoms with E-state index in [1.54, 1.807) is 49.5 Å². The summed E-state index contributed by atoms with van der Waals surface area (Å²) < 4.78 is 46.6. The first-order valence-electron chi connectivity index (χ1n) is 16.9. The van der Waals surface area contributed by atoms with Gasteiger partial charge in [0.25, 0.3) is 15.9 Å². The standard InChI is InChI=1S/C36H45N5O7S/c1-5-38-20-22-39(23-21-38)26-15-18-40(19-16-26)33(42)25-36(29-11-9-17-37-34(29)48-6-2)28-10-7-8-12-30(28)41(35(36)43)49(44,45)32-14-13-27(46-3)24-31(32)47-4/h7-14,17,24,26H,5-6,15-16,18-23,25H2,1-4H3. The molecule has 0 saturated carbocycles. The second-order valence-electron chi connectivity index (χ2n) is 12.6. The smallest absolute Gasteiger partial charge is 0.274 e. The quantitative estimate of drug-likeness (QED) is 0.295. The number of hydrogen-bond acceptors (Lipinski definition) is 10. The number of nitrogens with zero attached hydrogens (tertiary/aromatic N) is 5. The minimum absolute atomic E-state index is 0.0218. The summed E-state index contributed by atoms with van der Waals surface area (Å²) in [5, 5.41) is 0. The van der Waals surface area contributed by atoms with Crippen molar-refractivity contribution in [1.82, 2.24) is 19.7 Å². The van der Waals surface area contributed by atoms with Crippen LogP contribution >= 0.6 is 0 Å². The van der Waals surface area contributed by atoms with E-state index in [9.17, 15) is 13.2 Å². The Hall–Kier alpha value is -4.20. The van der Waals surface area contributed by atoms with Crippen LogP contribution in [0.25, 0.3) is 0 Å². The molecule has 49 heavy (non-hydrogen) atoms. The lowest BCUT2D eigenvalue weighted by atomic mass is 9.72. The maximum atomic E-state index is 15.1. The second kappa shape index (κ2) is 14.3. The van der Waals surface area contributed by atoms with Crippen LogP contribution in [0.3, 0.4) is 0 Å². The fourth-order valence-electron chi connectivity index (χ4n) is 7.49. The molecule has 1 aromatic heterocycles. The summed E-state index contributed by atoms with van der Waals surface area (Å²) in [5.41, 5.74) is -0.839. The fraction of sp³-hybridized carbons (Fsp3) is 0.472. The number of aromatic nitrogens is 1. The number of sulfonamides is 1. The number of anilines is 1. The van der Waals surface area contributed by atoms with E-state index in [1.165, 1.54) is 32.4 Å². The van der Waals surface area contributed by atoms with Crippen molar-refractivity contribution in [2.24, 2.45) is 0 Å². The normalized spacial score (nSPS) is 20.7. The molecular formula is C36H45N5O7S. The van der Waals surface area contributed by atoms with Gasteiger partial charge in [0.15, 0.2) is 0 Å². The Labute approximate surface area is 288 Å². The van der Waals surface area contributed by atoms with E-state index in [-0.39, 0.29) is 41.1 Å². The molecule has 4 heterocycles. The number of methoxy groups -OCH3 is 2. The van der Waals surface area contributed by atoms with Crippen molar-refractivity contribution < 1.29 is 32.2 Å². The van der Waals surface area contributed by atoms with Gasteiger partial charge in [-0.05, 0) is 56.1 Å². The summed E-state index contributed by atoms with van der Waals surface area (Å²) in [6, 6.07) is 14.8. The number of piperazine rings is 1. The van der Waals surface area contributed by atoms with Gasteiger partial charge in [0, 0.05) is 69.6 Å². The summed E-state index contributed by atoms with van der Waals surface area (Å²) in [6.45, 7) is 10.6. The number of piperidine rings is 1. The largest absolute Gasteiger partial charge is 0.497 e. The second-order valence-corrected chi connectivity index (χ2v) is 14.3. The first-order valence-corrected chi connectivity index (χ1v) is 18.4. The van der Waals surface area contributed by atoms with Gasteiger partial charge in [-0.25, -0.2) is 17.7 Å². The average Bonchev–Trinajstić information content (AvgIpc) is 3.39.